The average molecular weight is 296 g/mol. The summed E-state index contributed by atoms with van der Waals surface area (Å²) in [7, 11) is 0. The van der Waals surface area contributed by atoms with E-state index in [2.05, 4.69) is 50.4 Å². The summed E-state index contributed by atoms with van der Waals surface area (Å²) in [6, 6.07) is 10.9. The Kier molecular flexibility index (Phi) is 4.16. The Labute approximate surface area is 132 Å². The standard InChI is InChI=1S/C19H24N2O/c1-4-20-12-15-6-10-18(21(19(15)22)16-7-8-16)17-9-5-13(2)11-14(17)3/h5-6,9-11,16,20H,4,7-8,12H2,1-3H3. The lowest BCUT2D eigenvalue weighted by molar-refractivity contribution is 0.672. The fourth-order valence-electron chi connectivity index (χ4n) is 3.01. The molecule has 1 N–H and O–H groups in total. The number of benzene rings is 1. The monoisotopic (exact) mass is 296 g/mol. The SMILES string of the molecule is CCNCc1ccc(-c2ccc(C)cc2C)n(C2CC2)c1=O. The second kappa shape index (κ2) is 6.09. The molecule has 0 atom stereocenters. The van der Waals surface area contributed by atoms with Crippen LogP contribution in [0, 0.1) is 13.8 Å². The van der Waals surface area contributed by atoms with Gasteiger partial charge in [-0.15, -0.1) is 0 Å². The van der Waals surface area contributed by atoms with Gasteiger partial charge in [0.25, 0.3) is 5.56 Å². The molecule has 1 aromatic heterocycles. The Morgan fingerprint density at radius 2 is 1.95 bits per heavy atom. The van der Waals surface area contributed by atoms with E-state index in [1.54, 1.807) is 0 Å². The van der Waals surface area contributed by atoms with Crippen molar-refractivity contribution in [1.29, 1.82) is 0 Å². The van der Waals surface area contributed by atoms with Gasteiger partial charge < -0.3 is 9.88 Å². The molecular formula is C19H24N2O. The van der Waals surface area contributed by atoms with Crippen LogP contribution in [0.25, 0.3) is 11.3 Å². The number of nitrogens with one attached hydrogen (secondary N) is 1. The van der Waals surface area contributed by atoms with E-state index in [9.17, 15) is 4.79 Å². The highest BCUT2D eigenvalue weighted by molar-refractivity contribution is 5.65. The van der Waals surface area contributed by atoms with Gasteiger partial charge in [-0.2, -0.15) is 0 Å². The summed E-state index contributed by atoms with van der Waals surface area (Å²) >= 11 is 0. The van der Waals surface area contributed by atoms with Crippen molar-refractivity contribution in [2.75, 3.05) is 6.54 Å². The van der Waals surface area contributed by atoms with Crippen molar-refractivity contribution in [3.05, 3.63) is 57.4 Å². The first kappa shape index (κ1) is 15.0. The summed E-state index contributed by atoms with van der Waals surface area (Å²) in [4.78, 5) is 12.9. The summed E-state index contributed by atoms with van der Waals surface area (Å²) in [5.41, 5.74) is 5.75. The predicted molar refractivity (Wildman–Crippen MR) is 91.3 cm³/mol. The molecule has 1 aliphatic carbocycles. The number of aromatic nitrogens is 1. The number of aryl methyl sites for hydroxylation is 2. The van der Waals surface area contributed by atoms with E-state index in [0.29, 0.717) is 12.6 Å². The van der Waals surface area contributed by atoms with E-state index in [4.69, 9.17) is 0 Å². The molecule has 0 amide bonds. The Hall–Kier alpha value is -1.87. The minimum Gasteiger partial charge on any atom is -0.313 e. The smallest absolute Gasteiger partial charge is 0.255 e. The average Bonchev–Trinajstić information content (AvgIpc) is 3.30. The van der Waals surface area contributed by atoms with E-state index in [1.165, 1.54) is 16.7 Å². The summed E-state index contributed by atoms with van der Waals surface area (Å²) in [5, 5.41) is 3.26. The fourth-order valence-corrected chi connectivity index (χ4v) is 3.01. The lowest BCUT2D eigenvalue weighted by atomic mass is 10.0. The molecule has 3 rings (SSSR count). The Morgan fingerprint density at radius 1 is 1.18 bits per heavy atom. The van der Waals surface area contributed by atoms with Crippen LogP contribution in [0.1, 0.15) is 42.5 Å². The molecule has 0 saturated heterocycles. The zero-order valence-electron chi connectivity index (χ0n) is 13.6. The molecule has 3 heteroatoms. The van der Waals surface area contributed by atoms with Gasteiger partial charge in [-0.05, 0) is 44.9 Å². The molecule has 22 heavy (non-hydrogen) atoms. The maximum Gasteiger partial charge on any atom is 0.255 e. The van der Waals surface area contributed by atoms with E-state index in [-0.39, 0.29) is 5.56 Å². The Morgan fingerprint density at radius 3 is 2.59 bits per heavy atom. The lowest BCUT2D eigenvalue weighted by Crippen LogP contribution is -2.27. The van der Waals surface area contributed by atoms with Crippen molar-refractivity contribution in [3.8, 4) is 11.3 Å². The lowest BCUT2D eigenvalue weighted by Gasteiger charge is -2.16. The molecule has 1 saturated carbocycles. The van der Waals surface area contributed by atoms with Crippen LogP contribution in [0.15, 0.2) is 35.1 Å². The fraction of sp³-hybridized carbons (Fsp3) is 0.421. The van der Waals surface area contributed by atoms with Gasteiger partial charge in [0.1, 0.15) is 0 Å². The molecule has 116 valence electrons. The molecule has 0 bridgehead atoms. The van der Waals surface area contributed by atoms with Crippen molar-refractivity contribution in [2.45, 2.75) is 46.2 Å². The van der Waals surface area contributed by atoms with Gasteiger partial charge >= 0.3 is 0 Å². The van der Waals surface area contributed by atoms with Crippen LogP contribution in [0.4, 0.5) is 0 Å². The Bertz CT molecular complexity index is 742. The quantitative estimate of drug-likeness (QED) is 0.915. The van der Waals surface area contributed by atoms with E-state index < -0.39 is 0 Å². The van der Waals surface area contributed by atoms with Gasteiger partial charge in [-0.3, -0.25) is 4.79 Å². The van der Waals surface area contributed by atoms with Crippen molar-refractivity contribution < 1.29 is 0 Å². The van der Waals surface area contributed by atoms with Crippen LogP contribution in [0.3, 0.4) is 0 Å². The first-order valence-corrected chi connectivity index (χ1v) is 8.14. The highest BCUT2D eigenvalue weighted by Crippen LogP contribution is 2.37. The molecule has 1 aliphatic rings. The van der Waals surface area contributed by atoms with Crippen molar-refractivity contribution in [1.82, 2.24) is 9.88 Å². The van der Waals surface area contributed by atoms with Gasteiger partial charge in [0.2, 0.25) is 0 Å². The summed E-state index contributed by atoms with van der Waals surface area (Å²) < 4.78 is 2.02. The topological polar surface area (TPSA) is 34.0 Å². The van der Waals surface area contributed by atoms with E-state index in [0.717, 1.165) is 30.6 Å². The van der Waals surface area contributed by atoms with Crippen molar-refractivity contribution >= 4 is 0 Å². The van der Waals surface area contributed by atoms with Gasteiger partial charge in [0.15, 0.2) is 0 Å². The molecule has 2 aromatic rings. The van der Waals surface area contributed by atoms with Gasteiger partial charge in [-0.25, -0.2) is 0 Å². The maximum atomic E-state index is 12.9. The van der Waals surface area contributed by atoms with Crippen molar-refractivity contribution in [2.24, 2.45) is 0 Å². The first-order valence-electron chi connectivity index (χ1n) is 8.14. The summed E-state index contributed by atoms with van der Waals surface area (Å²) in [5.74, 6) is 0. The largest absolute Gasteiger partial charge is 0.313 e. The maximum absolute atomic E-state index is 12.9. The number of nitrogens with zero attached hydrogens (tertiary/aromatic N) is 1. The minimum absolute atomic E-state index is 0.168. The molecule has 0 spiro atoms. The summed E-state index contributed by atoms with van der Waals surface area (Å²) in [6.45, 7) is 7.81. The number of rotatable bonds is 5. The molecule has 1 fully saturated rings. The predicted octanol–water partition coefficient (Wildman–Crippen LogP) is 3.58. The molecule has 3 nitrogen and oxygen atoms in total. The van der Waals surface area contributed by atoms with E-state index >= 15 is 0 Å². The third-order valence-electron chi connectivity index (χ3n) is 4.33. The van der Waals surface area contributed by atoms with Crippen LogP contribution < -0.4 is 10.9 Å². The van der Waals surface area contributed by atoms with Gasteiger partial charge in [0.05, 0.1) is 5.69 Å². The highest BCUT2D eigenvalue weighted by atomic mass is 16.1. The number of pyridine rings is 1. The second-order valence-corrected chi connectivity index (χ2v) is 6.25. The highest BCUT2D eigenvalue weighted by Gasteiger charge is 2.28. The van der Waals surface area contributed by atoms with Crippen molar-refractivity contribution in [3.63, 3.8) is 0 Å². The molecular weight excluding hydrogens is 272 g/mol. The van der Waals surface area contributed by atoms with Crippen LogP contribution in [-0.2, 0) is 6.54 Å². The van der Waals surface area contributed by atoms with Crippen LogP contribution in [-0.4, -0.2) is 11.1 Å². The number of hydrogen-bond acceptors (Lipinski definition) is 2. The third-order valence-corrected chi connectivity index (χ3v) is 4.33. The molecule has 1 heterocycles. The normalized spacial score (nSPS) is 14.3. The second-order valence-electron chi connectivity index (χ2n) is 6.25. The van der Waals surface area contributed by atoms with Gasteiger partial charge in [0, 0.05) is 23.7 Å². The molecule has 0 radical (unpaired) electrons. The van der Waals surface area contributed by atoms with Crippen LogP contribution in [0.2, 0.25) is 0 Å². The molecule has 1 aromatic carbocycles. The minimum atomic E-state index is 0.168. The van der Waals surface area contributed by atoms with E-state index in [1.807, 2.05) is 10.6 Å². The third kappa shape index (κ3) is 2.86. The first-order chi connectivity index (χ1) is 10.6. The number of hydrogen-bond donors (Lipinski definition) is 1. The van der Waals surface area contributed by atoms with Crippen LogP contribution >= 0.6 is 0 Å². The molecule has 0 aliphatic heterocycles. The van der Waals surface area contributed by atoms with Gasteiger partial charge in [-0.1, -0.05) is 36.8 Å². The Balaban J connectivity index is 2.11. The van der Waals surface area contributed by atoms with Crippen LogP contribution in [0.5, 0.6) is 0 Å². The zero-order valence-corrected chi connectivity index (χ0v) is 13.6. The molecule has 0 unspecified atom stereocenters. The summed E-state index contributed by atoms with van der Waals surface area (Å²) in [6.07, 6.45) is 2.23. The zero-order chi connectivity index (χ0) is 15.7.